The van der Waals surface area contributed by atoms with Crippen molar-refractivity contribution in [1.29, 1.82) is 0 Å². The Morgan fingerprint density at radius 2 is 1.54 bits per heavy atom. The van der Waals surface area contributed by atoms with Crippen molar-refractivity contribution in [2.24, 2.45) is 5.73 Å². The number of nitrogens with two attached hydrogens (primary N) is 1. The number of aldehydes is 1. The molecule has 0 bridgehead atoms. The summed E-state index contributed by atoms with van der Waals surface area (Å²) in [6.45, 7) is -1.23. The summed E-state index contributed by atoms with van der Waals surface area (Å²) in [5.41, 5.74) is 5.26. The van der Waals surface area contributed by atoms with Gasteiger partial charge >= 0.3 is 0 Å². The van der Waals surface area contributed by atoms with Gasteiger partial charge in [-0.2, -0.15) is 0 Å². The lowest BCUT2D eigenvalue weighted by Crippen LogP contribution is -2.61. The number of aliphatic hydroxyl groups is 9. The zero-order valence-electron chi connectivity index (χ0n) is 12.6. The summed E-state index contributed by atoms with van der Waals surface area (Å²) >= 11 is 0. The highest BCUT2D eigenvalue weighted by Gasteiger charge is 2.41. The smallest absolute Gasteiger partial charge is 0.173 e. The highest BCUT2D eigenvalue weighted by molar-refractivity contribution is 5.56. The molecule has 1 rings (SSSR count). The Labute approximate surface area is 137 Å². The second-order valence-electron chi connectivity index (χ2n) is 5.16. The third-order valence-electron chi connectivity index (χ3n) is 3.37. The third-order valence-corrected chi connectivity index (χ3v) is 3.37. The van der Waals surface area contributed by atoms with Crippen molar-refractivity contribution in [2.45, 2.75) is 55.1 Å². The first kappa shape index (κ1) is 23.2. The molecule has 0 aromatic heterocycles. The minimum atomic E-state index is -1.79. The van der Waals surface area contributed by atoms with Gasteiger partial charge < -0.3 is 61.2 Å². The van der Waals surface area contributed by atoms with Crippen LogP contribution < -0.4 is 5.73 Å². The predicted octanol–water partition coefficient (Wildman–Crippen LogP) is -6.63. The van der Waals surface area contributed by atoms with Gasteiger partial charge in [-0.1, -0.05) is 0 Å². The first-order valence-corrected chi connectivity index (χ1v) is 6.96. The van der Waals surface area contributed by atoms with E-state index in [4.69, 9.17) is 46.2 Å². The fourth-order valence-electron chi connectivity index (χ4n) is 1.74. The molecular weight excluding hydrogens is 334 g/mol. The molecule has 24 heavy (non-hydrogen) atoms. The van der Waals surface area contributed by atoms with Crippen molar-refractivity contribution in [3.63, 3.8) is 0 Å². The molecule has 0 unspecified atom stereocenters. The summed E-state index contributed by atoms with van der Waals surface area (Å²) in [4.78, 5) is 9.90. The molecule has 1 fully saturated rings. The highest BCUT2D eigenvalue weighted by Crippen LogP contribution is 2.17. The summed E-state index contributed by atoms with van der Waals surface area (Å²) < 4.78 is 4.70. The molecule has 1 aliphatic rings. The molecule has 1 saturated heterocycles. The molecule has 1 aliphatic heterocycles. The number of aliphatic hydroxyl groups excluding tert-OH is 9. The van der Waals surface area contributed by atoms with Gasteiger partial charge in [-0.25, -0.2) is 0 Å². The Bertz CT molecular complexity index is 355. The number of carbonyl (C=O) groups excluding carboxylic acids is 1. The average molecular weight is 359 g/mol. The van der Waals surface area contributed by atoms with E-state index in [1.807, 2.05) is 0 Å². The molecule has 11 N–H and O–H groups in total. The zero-order valence-corrected chi connectivity index (χ0v) is 12.6. The van der Waals surface area contributed by atoms with E-state index in [2.05, 4.69) is 0 Å². The van der Waals surface area contributed by atoms with E-state index in [1.165, 1.54) is 0 Å². The van der Waals surface area contributed by atoms with Crippen LogP contribution in [0.3, 0.4) is 0 Å². The molecule has 9 atom stereocenters. The van der Waals surface area contributed by atoms with Crippen LogP contribution in [0.15, 0.2) is 0 Å². The molecule has 0 aromatic carbocycles. The minimum Gasteiger partial charge on any atom is -0.394 e. The molecule has 0 aliphatic carbocycles. The van der Waals surface area contributed by atoms with E-state index >= 15 is 0 Å². The predicted molar refractivity (Wildman–Crippen MR) is 75.1 cm³/mol. The van der Waals surface area contributed by atoms with E-state index in [9.17, 15) is 15.0 Å². The van der Waals surface area contributed by atoms with Crippen LogP contribution in [0.2, 0.25) is 0 Å². The summed E-state index contributed by atoms with van der Waals surface area (Å²) in [5.74, 6) is 0. The van der Waals surface area contributed by atoms with E-state index < -0.39 is 68.3 Å². The fourth-order valence-corrected chi connectivity index (χ4v) is 1.74. The lowest BCUT2D eigenvalue weighted by atomic mass is 9.98. The largest absolute Gasteiger partial charge is 0.394 e. The minimum absolute atomic E-state index is 0.0258. The number of rotatable bonds is 6. The van der Waals surface area contributed by atoms with Gasteiger partial charge in [0.25, 0.3) is 0 Å². The Kier molecular flexibility index (Phi) is 10.6. The lowest BCUT2D eigenvalue weighted by Gasteiger charge is -2.38. The Morgan fingerprint density at radius 1 is 1.00 bits per heavy atom. The van der Waals surface area contributed by atoms with Crippen LogP contribution in [0.5, 0.6) is 0 Å². The zero-order chi connectivity index (χ0) is 19.0. The van der Waals surface area contributed by atoms with E-state index in [0.717, 1.165) is 0 Å². The van der Waals surface area contributed by atoms with Crippen molar-refractivity contribution < 1.29 is 55.5 Å². The molecule has 0 aromatic rings. The van der Waals surface area contributed by atoms with Crippen LogP contribution in [0, 0.1) is 0 Å². The molecular formula is C12H25NO11. The van der Waals surface area contributed by atoms with Crippen LogP contribution in [-0.2, 0) is 9.53 Å². The highest BCUT2D eigenvalue weighted by atomic mass is 16.6. The fraction of sp³-hybridized carbons (Fsp3) is 0.917. The maximum atomic E-state index is 9.90. The van der Waals surface area contributed by atoms with E-state index in [-0.39, 0.29) is 6.29 Å². The lowest BCUT2D eigenvalue weighted by molar-refractivity contribution is -0.248. The number of carbonyl (C=O) groups is 1. The van der Waals surface area contributed by atoms with Crippen molar-refractivity contribution in [1.82, 2.24) is 0 Å². The van der Waals surface area contributed by atoms with Gasteiger partial charge in [0.1, 0.15) is 42.7 Å². The van der Waals surface area contributed by atoms with Gasteiger partial charge in [-0.15, -0.1) is 0 Å². The van der Waals surface area contributed by atoms with Crippen LogP contribution in [0.25, 0.3) is 0 Å². The van der Waals surface area contributed by atoms with Crippen LogP contribution in [-0.4, -0.2) is 121 Å². The topological polar surface area (TPSA) is 234 Å². The van der Waals surface area contributed by atoms with Gasteiger partial charge in [0.05, 0.1) is 19.3 Å². The summed E-state index contributed by atoms with van der Waals surface area (Å²) in [7, 11) is 0. The van der Waals surface area contributed by atoms with Gasteiger partial charge in [-0.3, -0.25) is 0 Å². The average Bonchev–Trinajstić information content (AvgIpc) is 2.60. The monoisotopic (exact) mass is 359 g/mol. The molecule has 12 heteroatoms. The molecule has 0 amide bonds. The Balaban J connectivity index is 0.000000441. The summed E-state index contributed by atoms with van der Waals surface area (Å²) in [6, 6.07) is -1.04. The summed E-state index contributed by atoms with van der Waals surface area (Å²) in [6.07, 6.45) is -11.7. The first-order valence-electron chi connectivity index (χ1n) is 6.96. The van der Waals surface area contributed by atoms with E-state index in [0.29, 0.717) is 0 Å². The van der Waals surface area contributed by atoms with Gasteiger partial charge in [-0.05, 0) is 0 Å². The third kappa shape index (κ3) is 6.27. The van der Waals surface area contributed by atoms with Gasteiger partial charge in [0.2, 0.25) is 0 Å². The van der Waals surface area contributed by atoms with Gasteiger partial charge in [0.15, 0.2) is 12.6 Å². The van der Waals surface area contributed by atoms with Crippen LogP contribution in [0.4, 0.5) is 0 Å². The van der Waals surface area contributed by atoms with Crippen LogP contribution >= 0.6 is 0 Å². The standard InChI is InChI=1S/C6H13NO5.C6H12O6/c7-3-5(10)4(9)2(1-8)12-6(3)11;7-1-3(9)5(11)6(12)4(10)2-8/h2-6,8-11H,1,7H2;1,3-6,8-12H,2H2/t2-,3-,4-,5-,6-;3-,4-,5-,6-/m11/s1. The number of hydrogen-bond donors (Lipinski definition) is 10. The maximum absolute atomic E-state index is 9.90. The normalized spacial score (nSPS) is 35.2. The molecule has 1 heterocycles. The second kappa shape index (κ2) is 11.0. The van der Waals surface area contributed by atoms with Crippen molar-refractivity contribution in [3.8, 4) is 0 Å². The maximum Gasteiger partial charge on any atom is 0.173 e. The number of hydrogen-bond acceptors (Lipinski definition) is 12. The molecule has 0 radical (unpaired) electrons. The molecule has 144 valence electrons. The second-order valence-corrected chi connectivity index (χ2v) is 5.16. The van der Waals surface area contributed by atoms with Crippen molar-refractivity contribution in [2.75, 3.05) is 13.2 Å². The Hall–Kier alpha value is -0.770. The molecule has 12 nitrogen and oxygen atoms in total. The van der Waals surface area contributed by atoms with Crippen molar-refractivity contribution >= 4 is 6.29 Å². The van der Waals surface area contributed by atoms with Crippen LogP contribution in [0.1, 0.15) is 0 Å². The summed E-state index contributed by atoms with van der Waals surface area (Å²) in [5, 5.41) is 79.6. The quantitative estimate of drug-likeness (QED) is 0.199. The molecule has 0 spiro atoms. The Morgan fingerprint density at radius 3 is 1.96 bits per heavy atom. The van der Waals surface area contributed by atoms with Gasteiger partial charge in [0, 0.05) is 0 Å². The SMILES string of the molecule is N[C@@H]1[C@@H](O)[C@H](O)[C@@H](CO)O[C@H]1O.O=C[C@@H](O)[C@@H](O)[C@H](O)[C@H](O)CO. The van der Waals surface area contributed by atoms with Crippen molar-refractivity contribution in [3.05, 3.63) is 0 Å². The first-order chi connectivity index (χ1) is 11.1. The number of ether oxygens (including phenoxy) is 1. The van der Waals surface area contributed by atoms with E-state index in [1.54, 1.807) is 0 Å². The molecule has 0 saturated carbocycles.